The summed E-state index contributed by atoms with van der Waals surface area (Å²) in [6.45, 7) is 0. The molecule has 0 aliphatic carbocycles. The molecule has 0 spiro atoms. The zero-order chi connectivity index (χ0) is 27.5. The number of carbonyl (C=O) groups excluding carboxylic acids is 1. The van der Waals surface area contributed by atoms with E-state index in [9.17, 15) is 58.4 Å². The van der Waals surface area contributed by atoms with E-state index in [-0.39, 0.29) is 12.3 Å². The third kappa shape index (κ3) is 7.03. The second-order valence-corrected chi connectivity index (χ2v) is 7.95. The molecule has 2 aromatic carbocycles. The Morgan fingerprint density at radius 2 is 1.56 bits per heavy atom. The molecular formula is C18H10F8N2O7S. The number of nitrogens with zero attached hydrogens (tertiary/aromatic N) is 1. The predicted octanol–water partition coefficient (Wildman–Crippen LogP) is 4.57. The van der Waals surface area contributed by atoms with Crippen molar-refractivity contribution in [3.8, 4) is 5.75 Å². The van der Waals surface area contributed by atoms with Crippen LogP contribution in [-0.4, -0.2) is 30.9 Å². The van der Waals surface area contributed by atoms with E-state index in [0.29, 0.717) is 42.5 Å². The van der Waals surface area contributed by atoms with Gasteiger partial charge < -0.3 is 14.2 Å². The number of hydrogen-bond acceptors (Lipinski definition) is 7. The van der Waals surface area contributed by atoms with Crippen molar-refractivity contribution in [2.45, 2.75) is 17.8 Å². The summed E-state index contributed by atoms with van der Waals surface area (Å²) < 4.78 is 135. The predicted molar refractivity (Wildman–Crippen MR) is 102 cm³/mol. The zero-order valence-electron chi connectivity index (χ0n) is 16.9. The van der Waals surface area contributed by atoms with Gasteiger partial charge in [-0.15, -0.1) is 0 Å². The molecule has 9 nitrogen and oxygen atoms in total. The van der Waals surface area contributed by atoms with E-state index in [1.54, 1.807) is 0 Å². The van der Waals surface area contributed by atoms with Gasteiger partial charge in [-0.2, -0.15) is 43.5 Å². The quantitative estimate of drug-likeness (QED) is 0.128. The lowest BCUT2D eigenvalue weighted by atomic mass is 10.2. The molecule has 2 aromatic rings. The Morgan fingerprint density at radius 1 is 0.972 bits per heavy atom. The van der Waals surface area contributed by atoms with Gasteiger partial charge in [0.1, 0.15) is 5.75 Å². The number of benzene rings is 2. The standard InChI is InChI=1S/C18H10F8N2O7S/c19-16(20,21)11-2-1-3-13(8-11)34-17(22,23)15(29)27-9-14(35-36(32,33)18(24,25)26)10-4-6-12(7-5-10)28(30)31/h1-9H,(H,27,29)/b14-9-. The minimum absolute atomic E-state index is 0.0454. The van der Waals surface area contributed by atoms with Gasteiger partial charge in [-0.3, -0.25) is 14.9 Å². The van der Waals surface area contributed by atoms with Crippen LogP contribution in [0, 0.1) is 10.1 Å². The molecule has 0 radical (unpaired) electrons. The fraction of sp³-hybridized carbons (Fsp3) is 0.167. The summed E-state index contributed by atoms with van der Waals surface area (Å²) in [7, 11) is -6.40. The minimum atomic E-state index is -6.40. The number of alkyl halides is 8. The van der Waals surface area contributed by atoms with Gasteiger partial charge in [0.25, 0.3) is 5.69 Å². The van der Waals surface area contributed by atoms with E-state index < -0.39 is 67.1 Å². The Bertz CT molecular complexity index is 1270. The highest BCUT2D eigenvalue weighted by Crippen LogP contribution is 2.33. The highest BCUT2D eigenvalue weighted by molar-refractivity contribution is 7.87. The molecule has 0 aliphatic heterocycles. The fourth-order valence-electron chi connectivity index (χ4n) is 2.21. The Kier molecular flexibility index (Phi) is 7.82. The molecule has 0 saturated carbocycles. The van der Waals surface area contributed by atoms with Crippen LogP contribution in [0.15, 0.2) is 54.7 Å². The van der Waals surface area contributed by atoms with Gasteiger partial charge in [0.2, 0.25) is 0 Å². The Balaban J connectivity index is 2.35. The van der Waals surface area contributed by atoms with Gasteiger partial charge in [0, 0.05) is 23.9 Å². The molecular weight excluding hydrogens is 540 g/mol. The second-order valence-electron chi connectivity index (χ2n) is 6.41. The lowest BCUT2D eigenvalue weighted by molar-refractivity contribution is -0.384. The van der Waals surface area contributed by atoms with Crippen LogP contribution in [0.3, 0.4) is 0 Å². The van der Waals surface area contributed by atoms with E-state index in [4.69, 9.17) is 0 Å². The number of nitrogens with one attached hydrogen (secondary N) is 1. The zero-order valence-corrected chi connectivity index (χ0v) is 17.7. The second kappa shape index (κ2) is 9.96. The van der Waals surface area contributed by atoms with Crippen molar-refractivity contribution in [3.63, 3.8) is 0 Å². The lowest BCUT2D eigenvalue weighted by Crippen LogP contribution is -2.42. The normalized spacial score (nSPS) is 13.2. The summed E-state index contributed by atoms with van der Waals surface area (Å²) in [6.07, 6.45) is -9.90. The summed E-state index contributed by atoms with van der Waals surface area (Å²) in [6, 6.07) is 4.74. The maximum absolute atomic E-state index is 14.1. The molecule has 0 aromatic heterocycles. The number of halogens is 8. The smallest absolute Gasteiger partial charge is 0.425 e. The monoisotopic (exact) mass is 550 g/mol. The molecule has 0 bridgehead atoms. The molecule has 0 fully saturated rings. The summed E-state index contributed by atoms with van der Waals surface area (Å²) in [5, 5.41) is 11.9. The maximum atomic E-state index is 14.1. The Morgan fingerprint density at radius 3 is 2.06 bits per heavy atom. The highest BCUT2D eigenvalue weighted by Gasteiger charge is 2.49. The van der Waals surface area contributed by atoms with E-state index in [1.807, 2.05) is 0 Å². The molecule has 1 N–H and O–H groups in total. The molecule has 0 aliphatic rings. The van der Waals surface area contributed by atoms with Crippen LogP contribution in [0.4, 0.5) is 40.8 Å². The minimum Gasteiger partial charge on any atom is -0.425 e. The van der Waals surface area contributed by atoms with Crippen molar-refractivity contribution in [2.24, 2.45) is 0 Å². The van der Waals surface area contributed by atoms with Crippen LogP contribution in [0.5, 0.6) is 5.75 Å². The number of hydrogen-bond donors (Lipinski definition) is 1. The molecule has 196 valence electrons. The van der Waals surface area contributed by atoms with Crippen LogP contribution in [0.2, 0.25) is 0 Å². The largest absolute Gasteiger partial charge is 0.534 e. The fourth-order valence-corrected chi connectivity index (χ4v) is 2.69. The molecule has 0 heterocycles. The number of non-ortho nitro benzene ring substituents is 1. The van der Waals surface area contributed by atoms with Crippen LogP contribution in [0.1, 0.15) is 11.1 Å². The molecule has 0 unspecified atom stereocenters. The summed E-state index contributed by atoms with van der Waals surface area (Å²) in [5.41, 5.74) is -8.63. The lowest BCUT2D eigenvalue weighted by Gasteiger charge is -2.18. The van der Waals surface area contributed by atoms with E-state index in [2.05, 4.69) is 8.92 Å². The van der Waals surface area contributed by atoms with Crippen LogP contribution < -0.4 is 10.1 Å². The van der Waals surface area contributed by atoms with Gasteiger partial charge >= 0.3 is 33.8 Å². The molecule has 0 saturated heterocycles. The van der Waals surface area contributed by atoms with Crippen molar-refractivity contribution in [1.29, 1.82) is 0 Å². The number of carbonyl (C=O) groups is 1. The third-order valence-electron chi connectivity index (χ3n) is 3.85. The van der Waals surface area contributed by atoms with Gasteiger partial charge in [-0.1, -0.05) is 6.07 Å². The van der Waals surface area contributed by atoms with Crippen molar-refractivity contribution >= 4 is 27.5 Å². The molecule has 2 rings (SSSR count). The Hall–Kier alpha value is -3.96. The average Bonchev–Trinajstić information content (AvgIpc) is 2.74. The van der Waals surface area contributed by atoms with E-state index in [0.717, 1.165) is 0 Å². The van der Waals surface area contributed by atoms with Crippen molar-refractivity contribution in [2.75, 3.05) is 0 Å². The first-order valence-corrected chi connectivity index (χ1v) is 10.2. The van der Waals surface area contributed by atoms with Crippen LogP contribution in [-0.2, 0) is 25.3 Å². The first-order chi connectivity index (χ1) is 16.3. The van der Waals surface area contributed by atoms with E-state index in [1.165, 1.54) is 5.32 Å². The van der Waals surface area contributed by atoms with Crippen molar-refractivity contribution in [1.82, 2.24) is 5.32 Å². The van der Waals surface area contributed by atoms with E-state index >= 15 is 0 Å². The number of ether oxygens (including phenoxy) is 1. The van der Waals surface area contributed by atoms with Crippen LogP contribution >= 0.6 is 0 Å². The number of nitro benzene ring substituents is 1. The Labute approximate surface area is 195 Å². The maximum Gasteiger partial charge on any atom is 0.534 e. The molecule has 36 heavy (non-hydrogen) atoms. The van der Waals surface area contributed by atoms with Crippen molar-refractivity contribution < 1.29 is 62.2 Å². The highest BCUT2D eigenvalue weighted by atomic mass is 32.2. The van der Waals surface area contributed by atoms with Gasteiger partial charge in [0.15, 0.2) is 5.76 Å². The molecule has 18 heteroatoms. The average molecular weight is 550 g/mol. The number of nitro groups is 1. The molecule has 1 amide bonds. The molecule has 0 atom stereocenters. The van der Waals surface area contributed by atoms with Gasteiger partial charge in [-0.05, 0) is 30.3 Å². The van der Waals surface area contributed by atoms with Crippen LogP contribution in [0.25, 0.3) is 5.76 Å². The van der Waals surface area contributed by atoms with Crippen molar-refractivity contribution in [3.05, 3.63) is 76.0 Å². The third-order valence-corrected chi connectivity index (χ3v) is 4.82. The first kappa shape index (κ1) is 28.3. The SMILES string of the molecule is O=C(N/C=C(\OS(=O)(=O)C(F)(F)F)c1ccc([N+](=O)[O-])cc1)C(F)(F)Oc1cccc(C(F)(F)F)c1. The summed E-state index contributed by atoms with van der Waals surface area (Å²) in [4.78, 5) is 21.6. The number of amides is 1. The van der Waals surface area contributed by atoms with Gasteiger partial charge in [-0.25, -0.2) is 0 Å². The summed E-state index contributed by atoms with van der Waals surface area (Å²) in [5.74, 6) is -4.96. The first-order valence-electron chi connectivity index (χ1n) is 8.84. The summed E-state index contributed by atoms with van der Waals surface area (Å²) >= 11 is 0. The van der Waals surface area contributed by atoms with Gasteiger partial charge in [0.05, 0.1) is 10.5 Å². The number of rotatable bonds is 8. The topological polar surface area (TPSA) is 125 Å².